The Kier molecular flexibility index (Phi) is 5.93. The molecule has 22 heavy (non-hydrogen) atoms. The number of nitriles is 1. The summed E-state index contributed by atoms with van der Waals surface area (Å²) in [7, 11) is 0. The van der Waals surface area contributed by atoms with E-state index in [2.05, 4.69) is 27.3 Å². The van der Waals surface area contributed by atoms with Gasteiger partial charge in [0.25, 0.3) is 0 Å². The van der Waals surface area contributed by atoms with E-state index in [1.807, 2.05) is 54.6 Å². The average Bonchev–Trinajstić information content (AvgIpc) is 2.54. The van der Waals surface area contributed by atoms with Crippen molar-refractivity contribution in [3.05, 3.63) is 76.3 Å². The van der Waals surface area contributed by atoms with Gasteiger partial charge in [0.2, 0.25) is 5.91 Å². The topological polar surface area (TPSA) is 52.9 Å². The molecule has 4 heteroatoms. The van der Waals surface area contributed by atoms with E-state index >= 15 is 0 Å². The van der Waals surface area contributed by atoms with Gasteiger partial charge in [0.05, 0.1) is 6.07 Å². The molecule has 0 spiro atoms. The lowest BCUT2D eigenvalue weighted by molar-refractivity contribution is -0.116. The second-order valence-electron chi connectivity index (χ2n) is 4.73. The van der Waals surface area contributed by atoms with Crippen molar-refractivity contribution < 1.29 is 4.79 Å². The Balaban J connectivity index is 1.95. The number of carbonyl (C=O) groups is 1. The highest BCUT2D eigenvalue weighted by Crippen LogP contribution is 2.16. The van der Waals surface area contributed by atoms with Gasteiger partial charge >= 0.3 is 0 Å². The molecule has 0 aliphatic rings. The molecule has 1 N–H and O–H groups in total. The number of benzene rings is 2. The van der Waals surface area contributed by atoms with E-state index < -0.39 is 6.04 Å². The average molecular weight is 355 g/mol. The number of hydrogen-bond donors (Lipinski definition) is 1. The minimum Gasteiger partial charge on any atom is -0.336 e. The Labute approximate surface area is 138 Å². The maximum absolute atomic E-state index is 11.9. The minimum absolute atomic E-state index is 0.279. The quantitative estimate of drug-likeness (QED) is 0.832. The minimum atomic E-state index is -0.543. The highest BCUT2D eigenvalue weighted by Gasteiger charge is 2.10. The van der Waals surface area contributed by atoms with Gasteiger partial charge in [-0.2, -0.15) is 5.26 Å². The first-order valence-electron chi connectivity index (χ1n) is 6.85. The van der Waals surface area contributed by atoms with Crippen LogP contribution in [0.4, 0.5) is 0 Å². The summed E-state index contributed by atoms with van der Waals surface area (Å²) in [5.74, 6) is -0.279. The molecule has 2 rings (SSSR count). The van der Waals surface area contributed by atoms with Crippen molar-refractivity contribution in [1.29, 1.82) is 5.26 Å². The van der Waals surface area contributed by atoms with Crippen molar-refractivity contribution in [2.75, 3.05) is 0 Å². The van der Waals surface area contributed by atoms with Crippen LogP contribution in [0.25, 0.3) is 6.08 Å². The number of halogens is 1. The molecule has 0 aromatic heterocycles. The van der Waals surface area contributed by atoms with Crippen molar-refractivity contribution in [2.45, 2.75) is 12.5 Å². The van der Waals surface area contributed by atoms with Crippen LogP contribution >= 0.6 is 15.9 Å². The summed E-state index contributed by atoms with van der Waals surface area (Å²) in [5, 5.41) is 11.9. The summed E-state index contributed by atoms with van der Waals surface area (Å²) in [6, 6.07) is 18.8. The molecule has 1 atom stereocenters. The van der Waals surface area contributed by atoms with E-state index in [0.29, 0.717) is 6.42 Å². The first-order valence-corrected chi connectivity index (χ1v) is 7.65. The number of carbonyl (C=O) groups excluding carboxylic acids is 1. The Morgan fingerprint density at radius 3 is 2.55 bits per heavy atom. The van der Waals surface area contributed by atoms with E-state index in [-0.39, 0.29) is 5.91 Å². The van der Waals surface area contributed by atoms with Crippen molar-refractivity contribution >= 4 is 27.9 Å². The molecule has 3 nitrogen and oxygen atoms in total. The predicted octanol–water partition coefficient (Wildman–Crippen LogP) is 3.71. The van der Waals surface area contributed by atoms with Gasteiger partial charge in [-0.3, -0.25) is 4.79 Å². The van der Waals surface area contributed by atoms with Gasteiger partial charge in [-0.05, 0) is 23.3 Å². The van der Waals surface area contributed by atoms with Gasteiger partial charge in [-0.1, -0.05) is 64.5 Å². The van der Waals surface area contributed by atoms with Gasteiger partial charge in [0.15, 0.2) is 0 Å². The second kappa shape index (κ2) is 8.16. The standard InChI is InChI=1S/C18H15BrN2O/c19-17-9-5-4-8-15(17)10-11-18(22)21-16(13-20)12-14-6-2-1-3-7-14/h1-11,16H,12H2,(H,21,22). The Morgan fingerprint density at radius 1 is 1.18 bits per heavy atom. The zero-order valence-electron chi connectivity index (χ0n) is 11.9. The van der Waals surface area contributed by atoms with Crippen molar-refractivity contribution in [3.63, 3.8) is 0 Å². The lowest BCUT2D eigenvalue weighted by Gasteiger charge is -2.10. The van der Waals surface area contributed by atoms with Gasteiger partial charge in [-0.25, -0.2) is 0 Å². The molecule has 0 aliphatic heterocycles. The molecule has 110 valence electrons. The van der Waals surface area contributed by atoms with Crippen LogP contribution in [0.1, 0.15) is 11.1 Å². The molecular formula is C18H15BrN2O. The molecule has 0 saturated carbocycles. The lowest BCUT2D eigenvalue weighted by Crippen LogP contribution is -2.34. The zero-order valence-corrected chi connectivity index (χ0v) is 13.5. The van der Waals surface area contributed by atoms with Crippen molar-refractivity contribution in [1.82, 2.24) is 5.32 Å². The van der Waals surface area contributed by atoms with Crippen LogP contribution < -0.4 is 5.32 Å². The summed E-state index contributed by atoms with van der Waals surface area (Å²) in [4.78, 5) is 11.9. The van der Waals surface area contributed by atoms with Crippen LogP contribution in [0.2, 0.25) is 0 Å². The fraction of sp³-hybridized carbons (Fsp3) is 0.111. The molecular weight excluding hydrogens is 340 g/mol. The summed E-state index contributed by atoms with van der Waals surface area (Å²) in [6.07, 6.45) is 3.65. The number of nitrogens with one attached hydrogen (secondary N) is 1. The van der Waals surface area contributed by atoms with Crippen LogP contribution in [0.15, 0.2) is 65.1 Å². The molecule has 2 aromatic rings. The van der Waals surface area contributed by atoms with Crippen LogP contribution in [0.5, 0.6) is 0 Å². The number of rotatable bonds is 5. The Morgan fingerprint density at radius 2 is 1.86 bits per heavy atom. The SMILES string of the molecule is N#CC(Cc1ccccc1)NC(=O)C=Cc1ccccc1Br. The third-order valence-corrected chi connectivity index (χ3v) is 3.80. The van der Waals surface area contributed by atoms with E-state index in [1.165, 1.54) is 6.08 Å². The third kappa shape index (κ3) is 4.87. The van der Waals surface area contributed by atoms with Crippen molar-refractivity contribution in [2.24, 2.45) is 0 Å². The van der Waals surface area contributed by atoms with E-state index in [4.69, 9.17) is 5.26 Å². The van der Waals surface area contributed by atoms with Gasteiger partial charge in [0, 0.05) is 17.0 Å². The van der Waals surface area contributed by atoms with Crippen LogP contribution in [0.3, 0.4) is 0 Å². The van der Waals surface area contributed by atoms with E-state index in [1.54, 1.807) is 6.08 Å². The second-order valence-corrected chi connectivity index (χ2v) is 5.59. The fourth-order valence-corrected chi connectivity index (χ4v) is 2.39. The molecule has 2 aromatic carbocycles. The molecule has 1 unspecified atom stereocenters. The Bertz CT molecular complexity index is 705. The molecule has 0 aliphatic carbocycles. The summed E-state index contributed by atoms with van der Waals surface area (Å²) < 4.78 is 0.917. The van der Waals surface area contributed by atoms with Crippen LogP contribution in [0, 0.1) is 11.3 Å². The first-order chi connectivity index (χ1) is 10.7. The van der Waals surface area contributed by atoms with Crippen LogP contribution in [-0.2, 0) is 11.2 Å². The molecule has 0 fully saturated rings. The van der Waals surface area contributed by atoms with E-state index in [0.717, 1.165) is 15.6 Å². The number of nitrogens with zero attached hydrogens (tertiary/aromatic N) is 1. The first kappa shape index (κ1) is 16.0. The highest BCUT2D eigenvalue weighted by molar-refractivity contribution is 9.10. The third-order valence-electron chi connectivity index (χ3n) is 3.07. The van der Waals surface area contributed by atoms with Gasteiger partial charge in [0.1, 0.15) is 6.04 Å². The molecule has 0 saturated heterocycles. The molecule has 0 radical (unpaired) electrons. The monoisotopic (exact) mass is 354 g/mol. The summed E-state index contributed by atoms with van der Waals surface area (Å²) >= 11 is 3.42. The molecule has 1 amide bonds. The normalized spacial score (nSPS) is 11.8. The lowest BCUT2D eigenvalue weighted by atomic mass is 10.1. The zero-order chi connectivity index (χ0) is 15.8. The Hall–Kier alpha value is -2.38. The maximum atomic E-state index is 11.9. The smallest absolute Gasteiger partial charge is 0.245 e. The number of hydrogen-bond acceptors (Lipinski definition) is 2. The number of amides is 1. The van der Waals surface area contributed by atoms with Crippen LogP contribution in [-0.4, -0.2) is 11.9 Å². The predicted molar refractivity (Wildman–Crippen MR) is 90.9 cm³/mol. The largest absolute Gasteiger partial charge is 0.336 e. The highest BCUT2D eigenvalue weighted by atomic mass is 79.9. The summed E-state index contributed by atoms with van der Waals surface area (Å²) in [6.45, 7) is 0. The fourth-order valence-electron chi connectivity index (χ4n) is 1.97. The molecule has 0 heterocycles. The van der Waals surface area contributed by atoms with Gasteiger partial charge < -0.3 is 5.32 Å². The van der Waals surface area contributed by atoms with E-state index in [9.17, 15) is 4.79 Å². The molecule has 0 bridgehead atoms. The van der Waals surface area contributed by atoms with Crippen molar-refractivity contribution in [3.8, 4) is 6.07 Å². The van der Waals surface area contributed by atoms with Gasteiger partial charge in [-0.15, -0.1) is 0 Å². The summed E-state index contributed by atoms with van der Waals surface area (Å²) in [5.41, 5.74) is 1.93. The maximum Gasteiger partial charge on any atom is 0.245 e.